The number of carboxylic acids is 1. The zero-order chi connectivity index (χ0) is 13.7. The van der Waals surface area contributed by atoms with E-state index < -0.39 is 11.8 Å². The van der Waals surface area contributed by atoms with Crippen LogP contribution in [0.15, 0.2) is 22.4 Å². The van der Waals surface area contributed by atoms with Crippen molar-refractivity contribution in [3.8, 4) is 11.5 Å². The molecule has 0 spiro atoms. The van der Waals surface area contributed by atoms with Crippen molar-refractivity contribution in [2.45, 2.75) is 6.92 Å². The fourth-order valence-corrected chi connectivity index (χ4v) is 1.89. The number of rotatable bonds is 5. The van der Waals surface area contributed by atoms with Gasteiger partial charge in [-0.25, -0.2) is 4.79 Å². The van der Waals surface area contributed by atoms with Gasteiger partial charge in [0.1, 0.15) is 0 Å². The van der Waals surface area contributed by atoms with Crippen molar-refractivity contribution < 1.29 is 23.8 Å². The van der Waals surface area contributed by atoms with Crippen LogP contribution in [0.5, 0.6) is 11.5 Å². The van der Waals surface area contributed by atoms with Gasteiger partial charge in [-0.15, -0.1) is 0 Å². The van der Waals surface area contributed by atoms with Gasteiger partial charge >= 0.3 is 5.97 Å². The molecule has 18 heavy (non-hydrogen) atoms. The summed E-state index contributed by atoms with van der Waals surface area (Å²) in [5.74, 6) is -1.96. The Morgan fingerprint density at radius 3 is 2.72 bits per heavy atom. The molecule has 1 aromatic carbocycles. The van der Waals surface area contributed by atoms with Crippen LogP contribution in [0, 0.1) is 0 Å². The van der Waals surface area contributed by atoms with Crippen LogP contribution in [-0.2, 0) is 4.79 Å². The summed E-state index contributed by atoms with van der Waals surface area (Å²) < 4.78 is 24.0. The summed E-state index contributed by atoms with van der Waals surface area (Å²) in [5.41, 5.74) is 0.363. The van der Waals surface area contributed by atoms with E-state index in [1.54, 1.807) is 6.07 Å². The van der Waals surface area contributed by atoms with Crippen molar-refractivity contribution >= 4 is 28.0 Å². The van der Waals surface area contributed by atoms with E-state index in [-0.39, 0.29) is 0 Å². The summed E-state index contributed by atoms with van der Waals surface area (Å²) in [7, 11) is 1.45. The summed E-state index contributed by atoms with van der Waals surface area (Å²) >= 11 is 3.26. The third-order valence-corrected chi connectivity index (χ3v) is 2.63. The molecule has 0 radical (unpaired) electrons. The van der Waals surface area contributed by atoms with E-state index >= 15 is 0 Å². The molecule has 0 aliphatic carbocycles. The molecule has 0 aromatic heterocycles. The number of ether oxygens (including phenoxy) is 2. The zero-order valence-electron chi connectivity index (χ0n) is 9.87. The smallest absolute Gasteiger partial charge is 0.364 e. The van der Waals surface area contributed by atoms with Crippen molar-refractivity contribution in [3.63, 3.8) is 0 Å². The fraction of sp³-hybridized carbons (Fsp3) is 0.250. The van der Waals surface area contributed by atoms with Crippen molar-refractivity contribution in [2.75, 3.05) is 13.7 Å². The Morgan fingerprint density at radius 1 is 1.56 bits per heavy atom. The lowest BCUT2D eigenvalue weighted by Gasteiger charge is -2.12. The first-order valence-corrected chi connectivity index (χ1v) is 5.89. The first kappa shape index (κ1) is 14.5. The molecule has 0 saturated carbocycles. The highest BCUT2D eigenvalue weighted by atomic mass is 79.9. The minimum atomic E-state index is -1.61. The molecule has 0 unspecified atom stereocenters. The Morgan fingerprint density at radius 2 is 2.22 bits per heavy atom. The predicted molar refractivity (Wildman–Crippen MR) is 68.6 cm³/mol. The average molecular weight is 319 g/mol. The van der Waals surface area contributed by atoms with Crippen molar-refractivity contribution in [2.24, 2.45) is 0 Å². The van der Waals surface area contributed by atoms with Gasteiger partial charge in [0.25, 0.3) is 0 Å². The molecular formula is C12H12BrFO4. The molecule has 1 aromatic rings. The molecular weight excluding hydrogens is 307 g/mol. The average Bonchev–Trinajstić information content (AvgIpc) is 2.32. The highest BCUT2D eigenvalue weighted by Gasteiger charge is 2.12. The Labute approximate surface area is 112 Å². The predicted octanol–water partition coefficient (Wildman–Crippen LogP) is 3.25. The van der Waals surface area contributed by atoms with Gasteiger partial charge in [0.15, 0.2) is 11.5 Å². The van der Waals surface area contributed by atoms with E-state index in [2.05, 4.69) is 15.9 Å². The molecule has 6 heteroatoms. The maximum atomic E-state index is 13.0. The van der Waals surface area contributed by atoms with Crippen LogP contribution in [0.3, 0.4) is 0 Å². The van der Waals surface area contributed by atoms with Crippen LogP contribution in [0.25, 0.3) is 6.08 Å². The number of methoxy groups -OCH3 is 1. The van der Waals surface area contributed by atoms with E-state index in [1.165, 1.54) is 13.2 Å². The first-order valence-electron chi connectivity index (χ1n) is 5.10. The first-order chi connectivity index (χ1) is 8.49. The van der Waals surface area contributed by atoms with Crippen LogP contribution in [-0.4, -0.2) is 24.8 Å². The Hall–Kier alpha value is -1.56. The van der Waals surface area contributed by atoms with E-state index in [9.17, 15) is 9.18 Å². The lowest BCUT2D eigenvalue weighted by atomic mass is 10.2. The van der Waals surface area contributed by atoms with Gasteiger partial charge in [-0.3, -0.25) is 0 Å². The molecule has 0 saturated heterocycles. The number of hydrogen-bond acceptors (Lipinski definition) is 3. The maximum absolute atomic E-state index is 13.0. The highest BCUT2D eigenvalue weighted by Crippen LogP contribution is 2.37. The summed E-state index contributed by atoms with van der Waals surface area (Å²) in [6.07, 6.45) is 0.908. The zero-order valence-corrected chi connectivity index (χ0v) is 11.5. The fourth-order valence-electron chi connectivity index (χ4n) is 1.32. The van der Waals surface area contributed by atoms with Gasteiger partial charge < -0.3 is 14.6 Å². The van der Waals surface area contributed by atoms with Crippen LogP contribution in [0.4, 0.5) is 4.39 Å². The molecule has 0 heterocycles. The van der Waals surface area contributed by atoms with Crippen LogP contribution >= 0.6 is 15.9 Å². The number of hydrogen-bond donors (Lipinski definition) is 1. The normalized spacial score (nSPS) is 11.2. The Kier molecular flexibility index (Phi) is 5.15. The summed E-state index contributed by atoms with van der Waals surface area (Å²) in [6.45, 7) is 2.28. The highest BCUT2D eigenvalue weighted by molar-refractivity contribution is 9.10. The van der Waals surface area contributed by atoms with Crippen LogP contribution in [0.1, 0.15) is 12.5 Å². The second kappa shape index (κ2) is 6.39. The van der Waals surface area contributed by atoms with Gasteiger partial charge in [0.2, 0.25) is 5.83 Å². The minimum Gasteiger partial charge on any atom is -0.493 e. The quantitative estimate of drug-likeness (QED) is 0.847. The van der Waals surface area contributed by atoms with Gasteiger partial charge in [0.05, 0.1) is 18.2 Å². The second-order valence-corrected chi connectivity index (χ2v) is 4.12. The SMILES string of the molecule is CCOc1c(Br)cc(C=C(F)C(=O)O)cc1OC. The van der Waals surface area contributed by atoms with Crippen molar-refractivity contribution in [1.29, 1.82) is 0 Å². The number of aliphatic carboxylic acids is 1. The molecule has 1 rings (SSSR count). The standard InChI is InChI=1S/C12H12BrFO4/c1-3-18-11-8(13)4-7(6-10(11)17-2)5-9(14)12(15)16/h4-6H,3H2,1-2H3,(H,15,16). The Balaban J connectivity index is 3.22. The Bertz CT molecular complexity index is 485. The topological polar surface area (TPSA) is 55.8 Å². The van der Waals surface area contributed by atoms with Crippen LogP contribution < -0.4 is 9.47 Å². The van der Waals surface area contributed by atoms with Gasteiger partial charge in [-0.1, -0.05) is 0 Å². The largest absolute Gasteiger partial charge is 0.493 e. The van der Waals surface area contributed by atoms with E-state index in [1.807, 2.05) is 6.92 Å². The van der Waals surface area contributed by atoms with Crippen molar-refractivity contribution in [3.05, 3.63) is 28.0 Å². The molecule has 0 atom stereocenters. The van der Waals surface area contributed by atoms with E-state index in [4.69, 9.17) is 14.6 Å². The minimum absolute atomic E-state index is 0.363. The number of benzene rings is 1. The molecule has 0 fully saturated rings. The molecule has 1 N–H and O–H groups in total. The van der Waals surface area contributed by atoms with E-state index in [0.717, 1.165) is 6.08 Å². The van der Waals surface area contributed by atoms with Gasteiger partial charge in [0, 0.05) is 0 Å². The molecule has 0 amide bonds. The number of carboxylic acid groups (broad SMARTS) is 1. The lowest BCUT2D eigenvalue weighted by molar-refractivity contribution is -0.134. The third kappa shape index (κ3) is 3.46. The monoisotopic (exact) mass is 318 g/mol. The van der Waals surface area contributed by atoms with Gasteiger partial charge in [-0.05, 0) is 46.6 Å². The summed E-state index contributed by atoms with van der Waals surface area (Å²) in [5, 5.41) is 8.47. The molecule has 98 valence electrons. The van der Waals surface area contributed by atoms with E-state index in [0.29, 0.717) is 28.1 Å². The molecule has 0 aliphatic heterocycles. The summed E-state index contributed by atoms with van der Waals surface area (Å²) in [6, 6.07) is 3.05. The van der Waals surface area contributed by atoms with Crippen molar-refractivity contribution in [1.82, 2.24) is 0 Å². The number of halogens is 2. The lowest BCUT2D eigenvalue weighted by Crippen LogP contribution is -1.98. The molecule has 0 bridgehead atoms. The molecule has 4 nitrogen and oxygen atoms in total. The van der Waals surface area contributed by atoms with Crippen LogP contribution in [0.2, 0.25) is 0 Å². The third-order valence-electron chi connectivity index (χ3n) is 2.04. The maximum Gasteiger partial charge on any atom is 0.364 e. The second-order valence-electron chi connectivity index (χ2n) is 3.26. The molecule has 0 aliphatic rings. The summed E-state index contributed by atoms with van der Waals surface area (Å²) in [4.78, 5) is 10.4. The van der Waals surface area contributed by atoms with Gasteiger partial charge in [-0.2, -0.15) is 4.39 Å². The number of carbonyl (C=O) groups is 1.